The lowest BCUT2D eigenvalue weighted by Crippen LogP contribution is -2.33. The molecule has 3 nitrogen and oxygen atoms in total. The van der Waals surface area contributed by atoms with Crippen LogP contribution in [-0.4, -0.2) is 23.4 Å². The SMILES string of the molecule is CCCCC1NC(c2ccsc2)N(CC2CC2C)C1=O. The highest BCUT2D eigenvalue weighted by atomic mass is 32.1. The Morgan fingerprint density at radius 1 is 1.50 bits per heavy atom. The summed E-state index contributed by atoms with van der Waals surface area (Å²) in [6, 6.07) is 2.16. The second-order valence-corrected chi connectivity index (χ2v) is 7.06. The van der Waals surface area contributed by atoms with Crippen molar-refractivity contribution in [2.24, 2.45) is 11.8 Å². The summed E-state index contributed by atoms with van der Waals surface area (Å²) >= 11 is 1.71. The monoisotopic (exact) mass is 292 g/mol. The van der Waals surface area contributed by atoms with Crippen molar-refractivity contribution in [2.45, 2.75) is 51.7 Å². The number of amides is 1. The minimum Gasteiger partial charge on any atom is -0.321 e. The number of thiophene rings is 1. The molecule has 1 N–H and O–H groups in total. The van der Waals surface area contributed by atoms with E-state index in [2.05, 4.69) is 40.9 Å². The zero-order chi connectivity index (χ0) is 14.1. The number of unbranched alkanes of at least 4 members (excludes halogenated alkanes) is 1. The van der Waals surface area contributed by atoms with Gasteiger partial charge in [0, 0.05) is 6.54 Å². The van der Waals surface area contributed by atoms with E-state index >= 15 is 0 Å². The van der Waals surface area contributed by atoms with Crippen LogP contribution in [0.2, 0.25) is 0 Å². The fourth-order valence-electron chi connectivity index (χ4n) is 3.10. The lowest BCUT2D eigenvalue weighted by atomic mass is 10.1. The van der Waals surface area contributed by atoms with Crippen molar-refractivity contribution < 1.29 is 4.79 Å². The van der Waals surface area contributed by atoms with E-state index in [1.165, 1.54) is 12.0 Å². The molecule has 0 aromatic carbocycles. The standard InChI is InChI=1S/C16H24N2OS/c1-3-4-5-14-16(19)18(9-13-8-11(13)2)15(17-14)12-6-7-20-10-12/h6-7,10-11,13-15,17H,3-5,8-9H2,1-2H3. The van der Waals surface area contributed by atoms with Crippen molar-refractivity contribution in [1.82, 2.24) is 10.2 Å². The number of carbonyl (C=O) groups excluding carboxylic acids is 1. The van der Waals surface area contributed by atoms with Crippen LogP contribution < -0.4 is 5.32 Å². The van der Waals surface area contributed by atoms with Crippen LogP contribution in [0.15, 0.2) is 16.8 Å². The molecule has 1 saturated carbocycles. The minimum atomic E-state index is 0.0221. The topological polar surface area (TPSA) is 32.3 Å². The molecule has 3 rings (SSSR count). The number of hydrogen-bond donors (Lipinski definition) is 1. The van der Waals surface area contributed by atoms with Gasteiger partial charge in [-0.1, -0.05) is 26.7 Å². The number of nitrogens with one attached hydrogen (secondary N) is 1. The van der Waals surface area contributed by atoms with E-state index in [-0.39, 0.29) is 12.2 Å². The molecule has 1 aliphatic carbocycles. The third kappa shape index (κ3) is 2.77. The molecule has 4 heteroatoms. The minimum absolute atomic E-state index is 0.0221. The molecule has 110 valence electrons. The van der Waals surface area contributed by atoms with Gasteiger partial charge in [-0.25, -0.2) is 0 Å². The molecule has 4 atom stereocenters. The molecule has 2 heterocycles. The summed E-state index contributed by atoms with van der Waals surface area (Å²) in [4.78, 5) is 14.7. The summed E-state index contributed by atoms with van der Waals surface area (Å²) in [6.45, 7) is 5.39. The Kier molecular flexibility index (Phi) is 4.13. The summed E-state index contributed by atoms with van der Waals surface area (Å²) in [5, 5.41) is 7.82. The van der Waals surface area contributed by atoms with Gasteiger partial charge in [-0.2, -0.15) is 11.3 Å². The normalized spacial score (nSPS) is 32.9. The first-order valence-electron chi connectivity index (χ1n) is 7.79. The molecule has 1 aromatic heterocycles. The maximum atomic E-state index is 12.7. The number of carbonyl (C=O) groups is 1. The van der Waals surface area contributed by atoms with Crippen molar-refractivity contribution in [3.63, 3.8) is 0 Å². The highest BCUT2D eigenvalue weighted by Gasteiger charge is 2.43. The Morgan fingerprint density at radius 3 is 2.90 bits per heavy atom. The molecule has 0 spiro atoms. The number of rotatable bonds is 6. The molecule has 1 amide bonds. The van der Waals surface area contributed by atoms with Gasteiger partial charge in [-0.05, 0) is 47.1 Å². The summed E-state index contributed by atoms with van der Waals surface area (Å²) in [5.41, 5.74) is 1.25. The summed E-state index contributed by atoms with van der Waals surface area (Å²) in [6.07, 6.45) is 4.61. The zero-order valence-corrected chi connectivity index (χ0v) is 13.2. The fourth-order valence-corrected chi connectivity index (χ4v) is 3.78. The van der Waals surface area contributed by atoms with Crippen molar-refractivity contribution in [1.29, 1.82) is 0 Å². The van der Waals surface area contributed by atoms with Gasteiger partial charge in [0.15, 0.2) is 0 Å². The number of nitrogens with zero attached hydrogens (tertiary/aromatic N) is 1. The van der Waals surface area contributed by atoms with E-state index in [0.29, 0.717) is 11.8 Å². The van der Waals surface area contributed by atoms with Gasteiger partial charge in [0.2, 0.25) is 5.91 Å². The van der Waals surface area contributed by atoms with Crippen molar-refractivity contribution in [2.75, 3.05) is 6.54 Å². The van der Waals surface area contributed by atoms with E-state index in [1.807, 2.05) is 0 Å². The Hall–Kier alpha value is -0.870. The molecule has 1 saturated heterocycles. The van der Waals surface area contributed by atoms with Gasteiger partial charge in [0.25, 0.3) is 0 Å². The van der Waals surface area contributed by atoms with Gasteiger partial charge >= 0.3 is 0 Å². The zero-order valence-electron chi connectivity index (χ0n) is 12.3. The maximum Gasteiger partial charge on any atom is 0.241 e. The second-order valence-electron chi connectivity index (χ2n) is 6.28. The van der Waals surface area contributed by atoms with Crippen molar-refractivity contribution >= 4 is 17.2 Å². The Bertz CT molecular complexity index is 459. The second kappa shape index (κ2) is 5.86. The van der Waals surface area contributed by atoms with Crippen LogP contribution in [0.3, 0.4) is 0 Å². The Balaban J connectivity index is 1.73. The van der Waals surface area contributed by atoms with E-state index in [1.54, 1.807) is 11.3 Å². The summed E-state index contributed by atoms with van der Waals surface area (Å²) in [7, 11) is 0. The van der Waals surface area contributed by atoms with Crippen LogP contribution >= 0.6 is 11.3 Å². The molecule has 1 aliphatic heterocycles. The Labute approximate surface area is 125 Å². The fraction of sp³-hybridized carbons (Fsp3) is 0.688. The van der Waals surface area contributed by atoms with Crippen LogP contribution in [0, 0.1) is 11.8 Å². The average molecular weight is 292 g/mol. The van der Waals surface area contributed by atoms with Gasteiger partial charge in [0.05, 0.1) is 6.04 Å². The van der Waals surface area contributed by atoms with Crippen LogP contribution in [0.5, 0.6) is 0 Å². The third-order valence-corrected chi connectivity index (χ3v) is 5.37. The largest absolute Gasteiger partial charge is 0.321 e. The van der Waals surface area contributed by atoms with Crippen LogP contribution in [0.1, 0.15) is 51.3 Å². The molecular weight excluding hydrogens is 268 g/mol. The third-order valence-electron chi connectivity index (χ3n) is 4.66. The predicted octanol–water partition coefficient (Wildman–Crippen LogP) is 3.39. The molecule has 4 unspecified atom stereocenters. The van der Waals surface area contributed by atoms with Gasteiger partial charge in [-0.15, -0.1) is 0 Å². The maximum absolute atomic E-state index is 12.7. The quantitative estimate of drug-likeness (QED) is 0.871. The van der Waals surface area contributed by atoms with E-state index < -0.39 is 0 Å². The summed E-state index contributed by atoms with van der Waals surface area (Å²) < 4.78 is 0. The van der Waals surface area contributed by atoms with Crippen molar-refractivity contribution in [3.8, 4) is 0 Å². The van der Waals surface area contributed by atoms with Gasteiger partial charge in [-0.3, -0.25) is 10.1 Å². The first-order valence-corrected chi connectivity index (χ1v) is 8.73. The lowest BCUT2D eigenvalue weighted by Gasteiger charge is -2.23. The molecule has 1 aromatic rings. The van der Waals surface area contributed by atoms with Crippen molar-refractivity contribution in [3.05, 3.63) is 22.4 Å². The molecule has 0 bridgehead atoms. The molecule has 20 heavy (non-hydrogen) atoms. The molecular formula is C16H24N2OS. The lowest BCUT2D eigenvalue weighted by molar-refractivity contribution is -0.130. The smallest absolute Gasteiger partial charge is 0.241 e. The van der Waals surface area contributed by atoms with Crippen LogP contribution in [-0.2, 0) is 4.79 Å². The molecule has 0 radical (unpaired) electrons. The molecule has 2 fully saturated rings. The first kappa shape index (κ1) is 14.1. The van der Waals surface area contributed by atoms with Crippen LogP contribution in [0.4, 0.5) is 0 Å². The van der Waals surface area contributed by atoms with E-state index in [4.69, 9.17) is 0 Å². The predicted molar refractivity (Wildman–Crippen MR) is 82.5 cm³/mol. The van der Waals surface area contributed by atoms with Crippen LogP contribution in [0.25, 0.3) is 0 Å². The average Bonchev–Trinajstić information content (AvgIpc) is 2.84. The first-order chi connectivity index (χ1) is 9.70. The Morgan fingerprint density at radius 2 is 2.30 bits per heavy atom. The van der Waals surface area contributed by atoms with E-state index in [9.17, 15) is 4.79 Å². The summed E-state index contributed by atoms with van der Waals surface area (Å²) in [5.74, 6) is 1.82. The van der Waals surface area contributed by atoms with Gasteiger partial charge in [0.1, 0.15) is 6.17 Å². The highest BCUT2D eigenvalue weighted by molar-refractivity contribution is 7.07. The number of hydrogen-bond acceptors (Lipinski definition) is 3. The van der Waals surface area contributed by atoms with E-state index in [0.717, 1.165) is 31.7 Å². The molecule has 2 aliphatic rings. The van der Waals surface area contributed by atoms with Gasteiger partial charge < -0.3 is 4.90 Å². The highest BCUT2D eigenvalue weighted by Crippen LogP contribution is 2.41.